The number of hydrogen-bond acceptors (Lipinski definition) is 4. The first-order valence-electron chi connectivity index (χ1n) is 10.5. The summed E-state index contributed by atoms with van der Waals surface area (Å²) in [7, 11) is 0. The maximum atomic E-state index is 9.11. The molecule has 0 aliphatic rings. The molecule has 0 bridgehead atoms. The standard InChI is InChI=1S/C21H42O3S/c1-2-3-4-5-6-7-8-9-10-11-12-13-14-15-16-17-18-25-24-20-21(23)19-22/h9-10,21-23H,2-8,11-20H2,1H3/b10-9-. The van der Waals surface area contributed by atoms with Crippen LogP contribution in [0.4, 0.5) is 0 Å². The van der Waals surface area contributed by atoms with Gasteiger partial charge in [0.05, 0.1) is 13.2 Å². The van der Waals surface area contributed by atoms with Crippen LogP contribution in [0.25, 0.3) is 0 Å². The van der Waals surface area contributed by atoms with Crippen LogP contribution in [0.3, 0.4) is 0 Å². The molecule has 25 heavy (non-hydrogen) atoms. The second kappa shape index (κ2) is 22.0. The fraction of sp³-hybridized carbons (Fsp3) is 0.905. The lowest BCUT2D eigenvalue weighted by Crippen LogP contribution is -2.17. The third-order valence-electron chi connectivity index (χ3n) is 4.29. The van der Waals surface area contributed by atoms with Gasteiger partial charge in [-0.3, -0.25) is 0 Å². The summed E-state index contributed by atoms with van der Waals surface area (Å²) >= 11 is 1.40. The quantitative estimate of drug-likeness (QED) is 0.155. The highest BCUT2D eigenvalue weighted by Gasteiger charge is 2.01. The van der Waals surface area contributed by atoms with Gasteiger partial charge in [0.25, 0.3) is 0 Å². The van der Waals surface area contributed by atoms with Crippen LogP contribution in [0.15, 0.2) is 12.2 Å². The van der Waals surface area contributed by atoms with E-state index in [1.54, 1.807) is 0 Å². The van der Waals surface area contributed by atoms with Gasteiger partial charge in [-0.05, 0) is 44.1 Å². The summed E-state index contributed by atoms with van der Waals surface area (Å²) in [5.74, 6) is 0.972. The lowest BCUT2D eigenvalue weighted by molar-refractivity contribution is 0.0603. The van der Waals surface area contributed by atoms with Crippen molar-refractivity contribution in [2.45, 2.75) is 103 Å². The van der Waals surface area contributed by atoms with E-state index in [0.717, 1.165) is 12.2 Å². The molecule has 0 spiro atoms. The van der Waals surface area contributed by atoms with Gasteiger partial charge in [-0.15, -0.1) is 0 Å². The molecule has 0 amide bonds. The van der Waals surface area contributed by atoms with Crippen molar-refractivity contribution in [2.75, 3.05) is 19.0 Å². The highest BCUT2D eigenvalue weighted by Crippen LogP contribution is 2.12. The van der Waals surface area contributed by atoms with E-state index in [0.29, 0.717) is 0 Å². The van der Waals surface area contributed by atoms with Crippen molar-refractivity contribution in [3.63, 3.8) is 0 Å². The third kappa shape index (κ3) is 21.9. The Hall–Kier alpha value is -0.0300. The summed E-state index contributed by atoms with van der Waals surface area (Å²) in [4.78, 5) is 0. The molecular formula is C21H42O3S. The molecule has 4 heteroatoms. The average Bonchev–Trinajstić information content (AvgIpc) is 2.63. The second-order valence-corrected chi connectivity index (χ2v) is 7.76. The van der Waals surface area contributed by atoms with Gasteiger partial charge >= 0.3 is 0 Å². The molecule has 150 valence electrons. The Bertz CT molecular complexity index is 272. The van der Waals surface area contributed by atoms with Crippen LogP contribution in [0.1, 0.15) is 96.8 Å². The molecule has 2 N–H and O–H groups in total. The van der Waals surface area contributed by atoms with E-state index >= 15 is 0 Å². The minimum Gasteiger partial charge on any atom is -0.394 e. The van der Waals surface area contributed by atoms with Gasteiger partial charge in [-0.2, -0.15) is 0 Å². The fourth-order valence-electron chi connectivity index (χ4n) is 2.65. The van der Waals surface area contributed by atoms with E-state index in [-0.39, 0.29) is 13.2 Å². The van der Waals surface area contributed by atoms with Crippen LogP contribution in [0.5, 0.6) is 0 Å². The Kier molecular flexibility index (Phi) is 22.0. The Labute approximate surface area is 160 Å². The molecule has 0 saturated carbocycles. The number of rotatable bonds is 20. The van der Waals surface area contributed by atoms with Crippen molar-refractivity contribution in [3.8, 4) is 0 Å². The van der Waals surface area contributed by atoms with Gasteiger partial charge in [-0.1, -0.05) is 76.9 Å². The van der Waals surface area contributed by atoms with Crippen LogP contribution < -0.4 is 0 Å². The summed E-state index contributed by atoms with van der Waals surface area (Å²) in [6.45, 7) is 2.26. The summed E-state index contributed by atoms with van der Waals surface area (Å²) in [6, 6.07) is 0. The van der Waals surface area contributed by atoms with Crippen molar-refractivity contribution >= 4 is 12.0 Å². The molecule has 0 aromatic carbocycles. The molecule has 0 heterocycles. The minimum absolute atomic E-state index is 0.216. The van der Waals surface area contributed by atoms with Crippen LogP contribution in [-0.4, -0.2) is 35.3 Å². The first-order chi connectivity index (χ1) is 12.3. The molecule has 1 atom stereocenters. The van der Waals surface area contributed by atoms with Gasteiger partial charge < -0.3 is 14.4 Å². The van der Waals surface area contributed by atoms with Crippen molar-refractivity contribution in [2.24, 2.45) is 0 Å². The zero-order valence-electron chi connectivity index (χ0n) is 16.5. The van der Waals surface area contributed by atoms with E-state index in [2.05, 4.69) is 19.1 Å². The molecule has 0 fully saturated rings. The predicted octanol–water partition coefficient (Wildman–Crippen LogP) is 6.04. The maximum Gasteiger partial charge on any atom is 0.102 e. The van der Waals surface area contributed by atoms with Crippen LogP contribution in [0.2, 0.25) is 0 Å². The first kappa shape index (κ1) is 25.0. The topological polar surface area (TPSA) is 49.7 Å². The van der Waals surface area contributed by atoms with Crippen molar-refractivity contribution in [1.82, 2.24) is 0 Å². The van der Waals surface area contributed by atoms with Crippen LogP contribution in [-0.2, 0) is 4.18 Å². The Morgan fingerprint density at radius 1 is 0.800 bits per heavy atom. The third-order valence-corrected chi connectivity index (χ3v) is 5.05. The number of unbranched alkanes of at least 4 members (excludes halogenated alkanes) is 12. The minimum atomic E-state index is -0.743. The van der Waals surface area contributed by atoms with Crippen molar-refractivity contribution in [3.05, 3.63) is 12.2 Å². The number of hydrogen-bond donors (Lipinski definition) is 2. The highest BCUT2D eigenvalue weighted by atomic mass is 32.2. The van der Waals surface area contributed by atoms with E-state index < -0.39 is 6.10 Å². The van der Waals surface area contributed by atoms with Gasteiger partial charge in [0.1, 0.15) is 6.10 Å². The molecular weight excluding hydrogens is 332 g/mol. The van der Waals surface area contributed by atoms with Gasteiger partial charge in [0.2, 0.25) is 0 Å². The fourth-order valence-corrected chi connectivity index (χ4v) is 3.34. The molecule has 0 radical (unpaired) electrons. The lowest BCUT2D eigenvalue weighted by atomic mass is 10.1. The summed E-state index contributed by atoms with van der Waals surface area (Å²) in [5, 5.41) is 17.8. The van der Waals surface area contributed by atoms with Gasteiger partial charge in [0, 0.05) is 5.75 Å². The normalized spacial score (nSPS) is 12.9. The maximum absolute atomic E-state index is 9.11. The van der Waals surface area contributed by atoms with Gasteiger partial charge in [-0.25, -0.2) is 0 Å². The van der Waals surface area contributed by atoms with Crippen LogP contribution >= 0.6 is 12.0 Å². The van der Waals surface area contributed by atoms with E-state index in [1.807, 2.05) is 0 Å². The summed E-state index contributed by atoms with van der Waals surface area (Å²) in [6.07, 6.45) is 22.6. The molecule has 1 unspecified atom stereocenters. The molecule has 0 aliphatic carbocycles. The Balaban J connectivity index is 3.07. The van der Waals surface area contributed by atoms with E-state index in [9.17, 15) is 0 Å². The molecule has 0 rings (SSSR count). The van der Waals surface area contributed by atoms with Gasteiger partial charge in [0.15, 0.2) is 0 Å². The van der Waals surface area contributed by atoms with E-state index in [4.69, 9.17) is 14.4 Å². The molecule has 0 saturated heterocycles. The van der Waals surface area contributed by atoms with E-state index in [1.165, 1.54) is 95.5 Å². The zero-order chi connectivity index (χ0) is 18.4. The number of allylic oxidation sites excluding steroid dienone is 2. The summed E-state index contributed by atoms with van der Waals surface area (Å²) in [5.41, 5.74) is 0. The molecule has 3 nitrogen and oxygen atoms in total. The summed E-state index contributed by atoms with van der Waals surface area (Å²) < 4.78 is 5.21. The van der Waals surface area contributed by atoms with Crippen LogP contribution in [0, 0.1) is 0 Å². The number of aliphatic hydroxyl groups excluding tert-OH is 2. The smallest absolute Gasteiger partial charge is 0.102 e. The SMILES string of the molecule is CCCCCCCC/C=C\CCCCCCCCSOCC(O)CO. The van der Waals surface area contributed by atoms with Crippen molar-refractivity contribution < 1.29 is 14.4 Å². The zero-order valence-corrected chi connectivity index (χ0v) is 17.3. The predicted molar refractivity (Wildman–Crippen MR) is 111 cm³/mol. The van der Waals surface area contributed by atoms with Crippen molar-refractivity contribution in [1.29, 1.82) is 0 Å². The second-order valence-electron chi connectivity index (χ2n) is 6.88. The monoisotopic (exact) mass is 374 g/mol. The first-order valence-corrected chi connectivity index (χ1v) is 11.4. The molecule has 0 aromatic rings. The number of aliphatic hydroxyl groups is 2. The lowest BCUT2D eigenvalue weighted by Gasteiger charge is -2.06. The highest BCUT2D eigenvalue weighted by molar-refractivity contribution is 7.94. The molecule has 0 aromatic heterocycles. The average molecular weight is 375 g/mol. The molecule has 0 aliphatic heterocycles. The Morgan fingerprint density at radius 3 is 1.88 bits per heavy atom. The Morgan fingerprint density at radius 2 is 1.32 bits per heavy atom. The largest absolute Gasteiger partial charge is 0.394 e.